The van der Waals surface area contributed by atoms with Crippen LogP contribution < -0.4 is 4.74 Å². The smallest absolute Gasteiger partial charge is 0.387 e. The van der Waals surface area contributed by atoms with Crippen LogP contribution in [0.2, 0.25) is 4.34 Å². The van der Waals surface area contributed by atoms with Crippen LogP contribution in [0.4, 0.5) is 8.78 Å². The Hall–Kier alpha value is -1.46. The molecule has 0 atom stereocenters. The van der Waals surface area contributed by atoms with Crippen LogP contribution in [0.25, 0.3) is 0 Å². The lowest BCUT2D eigenvalue weighted by Gasteiger charge is -2.05. The fourth-order valence-electron chi connectivity index (χ4n) is 1.53. The molecule has 0 N–H and O–H groups in total. The van der Waals surface area contributed by atoms with Crippen LogP contribution in [0.1, 0.15) is 15.2 Å². The van der Waals surface area contributed by atoms with Gasteiger partial charge in [0.25, 0.3) is 0 Å². The highest BCUT2D eigenvalue weighted by Crippen LogP contribution is 2.23. The first kappa shape index (κ1) is 14.0. The van der Waals surface area contributed by atoms with E-state index in [0.717, 1.165) is 4.88 Å². The minimum Gasteiger partial charge on any atom is -0.435 e. The lowest BCUT2D eigenvalue weighted by Crippen LogP contribution is -2.04. The second-order valence-electron chi connectivity index (χ2n) is 3.71. The highest BCUT2D eigenvalue weighted by Gasteiger charge is 2.10. The van der Waals surface area contributed by atoms with Crippen molar-refractivity contribution in [2.75, 3.05) is 0 Å². The lowest BCUT2D eigenvalue weighted by atomic mass is 10.1. The summed E-state index contributed by atoms with van der Waals surface area (Å²) in [7, 11) is 0. The number of halogens is 3. The standard InChI is InChI=1S/C13H9ClF2O2S/c14-12-6-5-10(19-12)7-11(17)8-1-3-9(4-2-8)18-13(15)16/h1-6,13H,7H2. The van der Waals surface area contributed by atoms with E-state index in [-0.39, 0.29) is 18.0 Å². The summed E-state index contributed by atoms with van der Waals surface area (Å²) in [5.74, 6) is -0.0622. The first-order chi connectivity index (χ1) is 9.04. The number of Topliss-reactive ketones (excluding diaryl/α,β-unsaturated/α-hetero) is 1. The molecule has 0 amide bonds. The van der Waals surface area contributed by atoms with Gasteiger partial charge in [0.1, 0.15) is 5.75 Å². The second-order valence-corrected chi connectivity index (χ2v) is 5.51. The molecule has 0 spiro atoms. The molecule has 1 aromatic carbocycles. The zero-order chi connectivity index (χ0) is 13.8. The van der Waals surface area contributed by atoms with Gasteiger partial charge in [0.2, 0.25) is 0 Å². The fraction of sp³-hybridized carbons (Fsp3) is 0.154. The Bertz CT molecular complexity index is 566. The average Bonchev–Trinajstić information content (AvgIpc) is 2.75. The molecular formula is C13H9ClF2O2S. The summed E-state index contributed by atoms with van der Waals surface area (Å²) in [5.41, 5.74) is 0.450. The zero-order valence-corrected chi connectivity index (χ0v) is 11.2. The third kappa shape index (κ3) is 4.01. The van der Waals surface area contributed by atoms with Crippen molar-refractivity contribution in [3.63, 3.8) is 0 Å². The van der Waals surface area contributed by atoms with Crippen LogP contribution in [0.5, 0.6) is 5.75 Å². The molecule has 0 saturated carbocycles. The lowest BCUT2D eigenvalue weighted by molar-refractivity contribution is -0.0498. The van der Waals surface area contributed by atoms with Crippen LogP contribution in [-0.2, 0) is 6.42 Å². The molecule has 6 heteroatoms. The summed E-state index contributed by atoms with van der Waals surface area (Å²) < 4.78 is 28.8. The Morgan fingerprint density at radius 2 is 1.89 bits per heavy atom. The number of ether oxygens (including phenoxy) is 1. The molecule has 2 rings (SSSR count). The molecule has 0 saturated heterocycles. The molecule has 19 heavy (non-hydrogen) atoms. The maximum absolute atomic E-state index is 12.0. The van der Waals surface area contributed by atoms with Crippen molar-refractivity contribution in [2.24, 2.45) is 0 Å². The van der Waals surface area contributed by atoms with E-state index in [1.54, 1.807) is 12.1 Å². The van der Waals surface area contributed by atoms with Crippen LogP contribution in [0, 0.1) is 0 Å². The normalized spacial score (nSPS) is 10.7. The van der Waals surface area contributed by atoms with E-state index in [0.29, 0.717) is 9.90 Å². The van der Waals surface area contributed by atoms with Crippen LogP contribution in [0.15, 0.2) is 36.4 Å². The molecule has 0 aliphatic heterocycles. The number of carbonyl (C=O) groups is 1. The van der Waals surface area contributed by atoms with Crippen molar-refractivity contribution in [1.29, 1.82) is 0 Å². The number of carbonyl (C=O) groups excluding carboxylic acids is 1. The van der Waals surface area contributed by atoms with Gasteiger partial charge in [-0.05, 0) is 36.4 Å². The maximum Gasteiger partial charge on any atom is 0.387 e. The van der Waals surface area contributed by atoms with Gasteiger partial charge in [0.15, 0.2) is 5.78 Å². The molecule has 1 heterocycles. The first-order valence-electron chi connectivity index (χ1n) is 5.37. The molecule has 100 valence electrons. The van der Waals surface area contributed by atoms with E-state index in [9.17, 15) is 13.6 Å². The van der Waals surface area contributed by atoms with Crippen molar-refractivity contribution in [2.45, 2.75) is 13.0 Å². The van der Waals surface area contributed by atoms with E-state index in [1.807, 2.05) is 0 Å². The van der Waals surface area contributed by atoms with E-state index >= 15 is 0 Å². The summed E-state index contributed by atoms with van der Waals surface area (Å²) >= 11 is 7.12. The molecule has 0 radical (unpaired) electrons. The summed E-state index contributed by atoms with van der Waals surface area (Å²) in [6.45, 7) is -2.87. The minimum absolute atomic E-state index is 0.0331. The van der Waals surface area contributed by atoms with Gasteiger partial charge >= 0.3 is 6.61 Å². The van der Waals surface area contributed by atoms with Gasteiger partial charge < -0.3 is 4.74 Å². The quantitative estimate of drug-likeness (QED) is 0.764. The zero-order valence-electron chi connectivity index (χ0n) is 9.61. The van der Waals surface area contributed by atoms with Crippen molar-refractivity contribution in [3.05, 3.63) is 51.2 Å². The predicted octanol–water partition coefficient (Wildman–Crippen LogP) is 4.43. The molecule has 1 aromatic heterocycles. The van der Waals surface area contributed by atoms with Crippen molar-refractivity contribution < 1.29 is 18.3 Å². The molecule has 2 nitrogen and oxygen atoms in total. The van der Waals surface area contributed by atoms with Gasteiger partial charge in [-0.1, -0.05) is 11.6 Å². The number of benzene rings is 1. The van der Waals surface area contributed by atoms with Crippen LogP contribution in [-0.4, -0.2) is 12.4 Å². The maximum atomic E-state index is 12.0. The third-order valence-corrected chi connectivity index (χ3v) is 3.60. The summed E-state index contributed by atoms with van der Waals surface area (Å²) in [6.07, 6.45) is 0.242. The molecular weight excluding hydrogens is 294 g/mol. The number of hydrogen-bond donors (Lipinski definition) is 0. The molecule has 0 aliphatic carbocycles. The van der Waals surface area contributed by atoms with Gasteiger partial charge in [-0.25, -0.2) is 0 Å². The van der Waals surface area contributed by atoms with Gasteiger partial charge in [0, 0.05) is 16.9 Å². The van der Waals surface area contributed by atoms with E-state index in [4.69, 9.17) is 11.6 Å². The van der Waals surface area contributed by atoms with Crippen molar-refractivity contribution in [3.8, 4) is 5.75 Å². The van der Waals surface area contributed by atoms with Gasteiger partial charge in [-0.15, -0.1) is 11.3 Å². The SMILES string of the molecule is O=C(Cc1ccc(Cl)s1)c1ccc(OC(F)F)cc1. The monoisotopic (exact) mass is 302 g/mol. The number of thiophene rings is 1. The Kier molecular flexibility index (Phi) is 4.50. The highest BCUT2D eigenvalue weighted by molar-refractivity contribution is 7.16. The summed E-state index contributed by atoms with van der Waals surface area (Å²) in [6, 6.07) is 9.15. The highest BCUT2D eigenvalue weighted by atomic mass is 35.5. The second kappa shape index (κ2) is 6.12. The number of rotatable bonds is 5. The van der Waals surface area contributed by atoms with E-state index in [1.165, 1.54) is 35.6 Å². The Morgan fingerprint density at radius 1 is 1.21 bits per heavy atom. The van der Waals surface area contributed by atoms with Crippen LogP contribution in [0.3, 0.4) is 0 Å². The van der Waals surface area contributed by atoms with E-state index < -0.39 is 6.61 Å². The molecule has 0 fully saturated rings. The fourth-order valence-corrected chi connectivity index (χ4v) is 2.62. The third-order valence-electron chi connectivity index (χ3n) is 2.37. The summed E-state index contributed by atoms with van der Waals surface area (Å²) in [5, 5.41) is 0. The molecule has 2 aromatic rings. The molecule has 0 unspecified atom stereocenters. The number of alkyl halides is 2. The van der Waals surface area contributed by atoms with Gasteiger partial charge in [-0.3, -0.25) is 4.79 Å². The summed E-state index contributed by atoms with van der Waals surface area (Å²) in [4.78, 5) is 12.8. The Labute approximate surface area is 117 Å². The largest absolute Gasteiger partial charge is 0.435 e. The topological polar surface area (TPSA) is 26.3 Å². The average molecular weight is 303 g/mol. The predicted molar refractivity (Wildman–Crippen MR) is 70.4 cm³/mol. The number of hydrogen-bond acceptors (Lipinski definition) is 3. The molecule has 0 bridgehead atoms. The Balaban J connectivity index is 2.03. The van der Waals surface area contributed by atoms with E-state index in [2.05, 4.69) is 4.74 Å². The minimum atomic E-state index is -2.87. The first-order valence-corrected chi connectivity index (χ1v) is 6.56. The molecule has 0 aliphatic rings. The number of ketones is 1. The van der Waals surface area contributed by atoms with Crippen molar-refractivity contribution >= 4 is 28.7 Å². The van der Waals surface area contributed by atoms with Gasteiger partial charge in [0.05, 0.1) is 4.34 Å². The Morgan fingerprint density at radius 3 is 2.42 bits per heavy atom. The van der Waals surface area contributed by atoms with Gasteiger partial charge in [-0.2, -0.15) is 8.78 Å². The van der Waals surface area contributed by atoms with Crippen LogP contribution >= 0.6 is 22.9 Å². The van der Waals surface area contributed by atoms with Crippen molar-refractivity contribution in [1.82, 2.24) is 0 Å².